The molecule has 10 nitrogen and oxygen atoms in total. The highest BCUT2D eigenvalue weighted by atomic mass is 19.4. The van der Waals surface area contributed by atoms with E-state index in [2.05, 4.69) is 0 Å². The first-order valence-corrected chi connectivity index (χ1v) is 11.8. The highest BCUT2D eigenvalue weighted by Gasteiger charge is 2.46. The molecule has 0 spiro atoms. The van der Waals surface area contributed by atoms with Crippen LogP contribution in [0, 0.1) is 20.2 Å². The maximum Gasteiger partial charge on any atom is 0.471 e. The summed E-state index contributed by atoms with van der Waals surface area (Å²) in [6.07, 6.45) is -9.88. The average molecular weight is 592 g/mol. The molecule has 1 heterocycles. The van der Waals surface area contributed by atoms with E-state index in [-0.39, 0.29) is 31.0 Å². The summed E-state index contributed by atoms with van der Waals surface area (Å²) in [7, 11) is 0. The Morgan fingerprint density at radius 1 is 0.902 bits per heavy atom. The van der Waals surface area contributed by atoms with Crippen molar-refractivity contribution in [2.24, 2.45) is 0 Å². The van der Waals surface area contributed by atoms with Crippen molar-refractivity contribution in [1.82, 2.24) is 10.2 Å². The molecule has 2 aromatic rings. The summed E-state index contributed by atoms with van der Waals surface area (Å²) in [6.45, 7) is 6.06. The van der Waals surface area contributed by atoms with Gasteiger partial charge >= 0.3 is 24.2 Å². The molecule has 41 heavy (non-hydrogen) atoms. The Labute approximate surface area is 229 Å². The summed E-state index contributed by atoms with van der Waals surface area (Å²) in [5.41, 5.74) is -0.114. The summed E-state index contributed by atoms with van der Waals surface area (Å²) in [4.78, 5) is 42.9. The standard InChI is InChI=1S/C13H13F3N2O3.C12H13F3N2O3/c1-12(2)7-17(11(19)13(14,15)16)6-8-5-9(18(20)21)3-4-10(8)12;1-11(2,7-16-10(18)12(13,14)15)8-3-5-9(6-4-8)17(19)20/h3-5H,6-7H2,1-2H3;3-6H,7H2,1-2H3,(H,16,18). The van der Waals surface area contributed by atoms with Crippen LogP contribution >= 0.6 is 0 Å². The first kappa shape index (κ1) is 33.0. The third kappa shape index (κ3) is 8.38. The monoisotopic (exact) mass is 592 g/mol. The van der Waals surface area contributed by atoms with Gasteiger partial charge in [-0.05, 0) is 16.7 Å². The third-order valence-electron chi connectivity index (χ3n) is 6.31. The quantitative estimate of drug-likeness (QED) is 0.283. The van der Waals surface area contributed by atoms with Crippen LogP contribution in [-0.4, -0.2) is 52.0 Å². The molecule has 0 unspecified atom stereocenters. The van der Waals surface area contributed by atoms with Crippen LogP contribution in [0.25, 0.3) is 0 Å². The van der Waals surface area contributed by atoms with Gasteiger partial charge in [-0.1, -0.05) is 45.9 Å². The summed E-state index contributed by atoms with van der Waals surface area (Å²) in [6, 6.07) is 9.54. The zero-order valence-electron chi connectivity index (χ0n) is 22.2. The van der Waals surface area contributed by atoms with E-state index in [0.717, 1.165) is 5.56 Å². The molecule has 0 fully saturated rings. The van der Waals surface area contributed by atoms with E-state index in [1.807, 2.05) is 0 Å². The number of nitrogens with zero attached hydrogens (tertiary/aromatic N) is 3. The first-order chi connectivity index (χ1) is 18.6. The summed E-state index contributed by atoms with van der Waals surface area (Å²) < 4.78 is 74.0. The fourth-order valence-electron chi connectivity index (χ4n) is 4.17. The Morgan fingerprint density at radius 3 is 1.88 bits per heavy atom. The second-order valence-corrected chi connectivity index (χ2v) is 10.5. The van der Waals surface area contributed by atoms with Gasteiger partial charge in [0.2, 0.25) is 0 Å². The van der Waals surface area contributed by atoms with E-state index in [4.69, 9.17) is 0 Å². The van der Waals surface area contributed by atoms with Gasteiger partial charge in [0, 0.05) is 54.7 Å². The van der Waals surface area contributed by atoms with E-state index in [1.54, 1.807) is 39.1 Å². The fraction of sp³-hybridized carbons (Fsp3) is 0.440. The van der Waals surface area contributed by atoms with Crippen molar-refractivity contribution >= 4 is 23.2 Å². The van der Waals surface area contributed by atoms with Crippen molar-refractivity contribution in [3.05, 3.63) is 79.4 Å². The van der Waals surface area contributed by atoms with Crippen LogP contribution in [-0.2, 0) is 27.0 Å². The van der Waals surface area contributed by atoms with Crippen molar-refractivity contribution in [3.63, 3.8) is 0 Å². The molecule has 1 aliphatic rings. The van der Waals surface area contributed by atoms with Crippen LogP contribution in [0.2, 0.25) is 0 Å². The summed E-state index contributed by atoms with van der Waals surface area (Å²) in [5, 5.41) is 23.1. The highest BCUT2D eigenvalue weighted by molar-refractivity contribution is 5.82. The lowest BCUT2D eigenvalue weighted by molar-refractivity contribution is -0.385. The molecule has 0 radical (unpaired) electrons. The van der Waals surface area contributed by atoms with Crippen molar-refractivity contribution in [3.8, 4) is 0 Å². The molecule has 0 atom stereocenters. The lowest BCUT2D eigenvalue weighted by Gasteiger charge is -2.39. The fourth-order valence-corrected chi connectivity index (χ4v) is 4.17. The molecule has 3 rings (SSSR count). The number of hydrogen-bond donors (Lipinski definition) is 1. The van der Waals surface area contributed by atoms with Gasteiger partial charge in [0.1, 0.15) is 0 Å². The number of nitro groups is 2. The normalized spacial score (nSPS) is 14.7. The second kappa shape index (κ2) is 11.7. The van der Waals surface area contributed by atoms with Crippen LogP contribution in [0.5, 0.6) is 0 Å². The molecular formula is C25H26F6N4O6. The number of non-ortho nitro benzene ring substituents is 2. The predicted octanol–water partition coefficient (Wildman–Crippen LogP) is 5.33. The lowest BCUT2D eigenvalue weighted by atomic mass is 9.78. The molecule has 1 N–H and O–H groups in total. The minimum absolute atomic E-state index is 0.0871. The number of amides is 2. The number of hydrogen-bond acceptors (Lipinski definition) is 6. The number of nitrogens with one attached hydrogen (secondary N) is 1. The zero-order chi connectivity index (χ0) is 31.6. The van der Waals surface area contributed by atoms with E-state index < -0.39 is 44.8 Å². The lowest BCUT2D eigenvalue weighted by Crippen LogP contribution is -2.49. The van der Waals surface area contributed by atoms with Crippen molar-refractivity contribution in [2.45, 2.75) is 57.4 Å². The van der Waals surface area contributed by atoms with Crippen LogP contribution in [0.1, 0.15) is 44.4 Å². The number of carbonyl (C=O) groups excluding carboxylic acids is 2. The highest BCUT2D eigenvalue weighted by Crippen LogP contribution is 2.36. The molecule has 224 valence electrons. The van der Waals surface area contributed by atoms with Crippen LogP contribution in [0.4, 0.5) is 37.7 Å². The molecule has 0 aliphatic carbocycles. The predicted molar refractivity (Wildman–Crippen MR) is 133 cm³/mol. The minimum Gasteiger partial charge on any atom is -0.347 e. The van der Waals surface area contributed by atoms with E-state index in [0.29, 0.717) is 16.0 Å². The van der Waals surface area contributed by atoms with Crippen LogP contribution in [0.15, 0.2) is 42.5 Å². The molecule has 0 saturated carbocycles. The topological polar surface area (TPSA) is 136 Å². The van der Waals surface area contributed by atoms with Gasteiger partial charge in [-0.25, -0.2) is 0 Å². The zero-order valence-corrected chi connectivity index (χ0v) is 22.2. The minimum atomic E-state index is -4.95. The first-order valence-electron chi connectivity index (χ1n) is 11.8. The van der Waals surface area contributed by atoms with Gasteiger partial charge in [0.05, 0.1) is 9.85 Å². The van der Waals surface area contributed by atoms with Gasteiger partial charge in [0.15, 0.2) is 0 Å². The Kier molecular flexibility index (Phi) is 9.41. The van der Waals surface area contributed by atoms with Crippen molar-refractivity contribution in [2.75, 3.05) is 13.1 Å². The molecule has 16 heteroatoms. The van der Waals surface area contributed by atoms with Crippen LogP contribution in [0.3, 0.4) is 0 Å². The Morgan fingerprint density at radius 2 is 1.41 bits per heavy atom. The number of nitro benzene ring substituents is 2. The van der Waals surface area contributed by atoms with Gasteiger partial charge < -0.3 is 10.2 Å². The second-order valence-electron chi connectivity index (χ2n) is 10.5. The number of halogens is 6. The summed E-state index contributed by atoms with van der Waals surface area (Å²) in [5.74, 6) is -3.93. The molecule has 2 aromatic carbocycles. The molecular weight excluding hydrogens is 566 g/mol. The molecule has 1 aliphatic heterocycles. The van der Waals surface area contributed by atoms with Crippen molar-refractivity contribution < 1.29 is 45.8 Å². The Hall–Kier alpha value is -4.24. The van der Waals surface area contributed by atoms with E-state index in [1.165, 1.54) is 36.4 Å². The molecule has 0 saturated heterocycles. The third-order valence-corrected chi connectivity index (χ3v) is 6.31. The molecule has 0 bridgehead atoms. The number of rotatable bonds is 5. The summed E-state index contributed by atoms with van der Waals surface area (Å²) >= 11 is 0. The van der Waals surface area contributed by atoms with Crippen LogP contribution < -0.4 is 5.32 Å². The van der Waals surface area contributed by atoms with Gasteiger partial charge in [0.25, 0.3) is 11.4 Å². The largest absolute Gasteiger partial charge is 0.471 e. The number of carbonyl (C=O) groups is 2. The smallest absolute Gasteiger partial charge is 0.347 e. The number of alkyl halides is 6. The Balaban J connectivity index is 0.000000287. The number of benzene rings is 2. The van der Waals surface area contributed by atoms with Gasteiger partial charge in [-0.15, -0.1) is 0 Å². The Bertz CT molecular complexity index is 1320. The maximum absolute atomic E-state index is 12.6. The van der Waals surface area contributed by atoms with E-state index >= 15 is 0 Å². The SMILES string of the molecule is CC(C)(CNC(=O)C(F)(F)F)c1ccc([N+](=O)[O-])cc1.CC1(C)CN(C(=O)C(F)(F)F)Cc2cc([N+](=O)[O-])ccc21. The number of fused-ring (bicyclic) bond motifs is 1. The van der Waals surface area contributed by atoms with E-state index in [9.17, 15) is 56.2 Å². The molecule has 2 amide bonds. The average Bonchev–Trinajstić information content (AvgIpc) is 2.85. The maximum atomic E-state index is 12.6. The van der Waals surface area contributed by atoms with Crippen molar-refractivity contribution in [1.29, 1.82) is 0 Å². The molecule has 0 aromatic heterocycles. The van der Waals surface area contributed by atoms with Gasteiger partial charge in [-0.2, -0.15) is 26.3 Å². The van der Waals surface area contributed by atoms with Gasteiger partial charge in [-0.3, -0.25) is 29.8 Å².